The molecule has 1 aromatic carbocycles. The van der Waals surface area contributed by atoms with Gasteiger partial charge in [0.25, 0.3) is 0 Å². The van der Waals surface area contributed by atoms with Crippen LogP contribution in [0.4, 0.5) is 5.69 Å². The first-order valence-corrected chi connectivity index (χ1v) is 7.45. The lowest BCUT2D eigenvalue weighted by molar-refractivity contribution is -0.133. The highest BCUT2D eigenvalue weighted by atomic mass is 32.2. The van der Waals surface area contributed by atoms with E-state index < -0.39 is 5.97 Å². The summed E-state index contributed by atoms with van der Waals surface area (Å²) in [6.45, 7) is 4.27. The molecule has 0 fully saturated rings. The molecular weight excluding hydrogens is 278 g/mol. The summed E-state index contributed by atoms with van der Waals surface area (Å²) < 4.78 is 5.72. The Bertz CT molecular complexity index is 532. The van der Waals surface area contributed by atoms with E-state index in [0.29, 0.717) is 18.7 Å². The van der Waals surface area contributed by atoms with Gasteiger partial charge in [0.15, 0.2) is 0 Å². The lowest BCUT2D eigenvalue weighted by Crippen LogP contribution is -2.42. The van der Waals surface area contributed by atoms with Crippen molar-refractivity contribution in [3.63, 3.8) is 0 Å². The van der Waals surface area contributed by atoms with Crippen molar-refractivity contribution in [1.82, 2.24) is 0 Å². The Morgan fingerprint density at radius 1 is 1.50 bits per heavy atom. The molecule has 108 valence electrons. The maximum absolute atomic E-state index is 12.0. The Labute approximate surface area is 121 Å². The van der Waals surface area contributed by atoms with Crippen molar-refractivity contribution in [2.45, 2.75) is 31.3 Å². The average Bonchev–Trinajstić information content (AvgIpc) is 2.43. The topological polar surface area (TPSA) is 66.8 Å². The van der Waals surface area contributed by atoms with Gasteiger partial charge in [-0.2, -0.15) is 0 Å². The Morgan fingerprint density at radius 3 is 2.90 bits per heavy atom. The summed E-state index contributed by atoms with van der Waals surface area (Å²) in [6, 6.07) is 5.44. The van der Waals surface area contributed by atoms with Crippen LogP contribution in [-0.4, -0.2) is 35.4 Å². The van der Waals surface area contributed by atoms with E-state index in [1.165, 1.54) is 11.8 Å². The Balaban J connectivity index is 2.29. The first kappa shape index (κ1) is 14.7. The smallest absolute Gasteiger partial charge is 0.313 e. The minimum atomic E-state index is -0.862. The third-order valence-electron chi connectivity index (χ3n) is 2.95. The first-order valence-electron chi connectivity index (χ1n) is 6.47. The molecule has 2 rings (SSSR count). The van der Waals surface area contributed by atoms with Crippen LogP contribution in [0.5, 0.6) is 5.75 Å². The van der Waals surface area contributed by atoms with Gasteiger partial charge in [-0.25, -0.2) is 0 Å². The van der Waals surface area contributed by atoms with Gasteiger partial charge >= 0.3 is 5.97 Å². The van der Waals surface area contributed by atoms with Crippen LogP contribution in [0.1, 0.15) is 20.3 Å². The van der Waals surface area contributed by atoms with Crippen LogP contribution >= 0.6 is 11.8 Å². The lowest BCUT2D eigenvalue weighted by Gasteiger charge is -2.33. The van der Waals surface area contributed by atoms with Crippen molar-refractivity contribution in [2.24, 2.45) is 0 Å². The lowest BCUT2D eigenvalue weighted by atomic mass is 10.2. The highest BCUT2D eigenvalue weighted by Crippen LogP contribution is 2.37. The zero-order valence-electron chi connectivity index (χ0n) is 11.5. The number of rotatable bonds is 4. The van der Waals surface area contributed by atoms with Gasteiger partial charge in [0.05, 0.1) is 18.0 Å². The van der Waals surface area contributed by atoms with Crippen LogP contribution in [0.25, 0.3) is 0 Å². The fourth-order valence-corrected chi connectivity index (χ4v) is 2.73. The molecule has 6 heteroatoms. The molecule has 0 saturated heterocycles. The number of nitrogens with zero attached hydrogens (tertiary/aromatic N) is 1. The number of carbonyl (C=O) groups excluding carboxylic acids is 1. The van der Waals surface area contributed by atoms with E-state index in [1.54, 1.807) is 11.0 Å². The summed E-state index contributed by atoms with van der Waals surface area (Å²) in [6.07, 6.45) is 0.383. The molecular formula is C14H17NO4S. The molecule has 0 spiro atoms. The Kier molecular flexibility index (Phi) is 4.54. The van der Waals surface area contributed by atoms with E-state index in [-0.39, 0.29) is 17.8 Å². The third-order valence-corrected chi connectivity index (χ3v) is 3.93. The molecule has 1 unspecified atom stereocenters. The summed E-state index contributed by atoms with van der Waals surface area (Å²) >= 11 is 1.23. The largest absolute Gasteiger partial charge is 0.487 e. The van der Waals surface area contributed by atoms with Gasteiger partial charge in [0.2, 0.25) is 5.91 Å². The second-order valence-corrected chi connectivity index (χ2v) is 5.65. The van der Waals surface area contributed by atoms with Gasteiger partial charge in [0.1, 0.15) is 11.9 Å². The standard InChI is InChI=1S/C14H17NO4S/c1-3-13(16)15-7-9(2)19-12-5-4-10(6-11(12)15)20-8-14(17)18/h4-6,9H,3,7-8H2,1-2H3,(H,17,18). The van der Waals surface area contributed by atoms with Gasteiger partial charge in [-0.05, 0) is 25.1 Å². The molecule has 1 amide bonds. The summed E-state index contributed by atoms with van der Waals surface area (Å²) in [5.41, 5.74) is 0.727. The van der Waals surface area contributed by atoms with Gasteiger partial charge in [-0.3, -0.25) is 9.59 Å². The van der Waals surface area contributed by atoms with Crippen LogP contribution in [0.3, 0.4) is 0 Å². The molecule has 5 nitrogen and oxygen atoms in total. The number of aliphatic carboxylic acids is 1. The number of ether oxygens (including phenoxy) is 1. The second-order valence-electron chi connectivity index (χ2n) is 4.60. The SMILES string of the molecule is CCC(=O)N1CC(C)Oc2ccc(SCC(=O)O)cc21. The fraction of sp³-hybridized carbons (Fsp3) is 0.429. The molecule has 1 aliphatic rings. The van der Waals surface area contributed by atoms with Crippen LogP contribution in [0, 0.1) is 0 Å². The Hall–Kier alpha value is -1.69. The molecule has 1 aliphatic heterocycles. The highest BCUT2D eigenvalue weighted by molar-refractivity contribution is 8.00. The van der Waals surface area contributed by atoms with Crippen LogP contribution in [0.2, 0.25) is 0 Å². The number of carboxylic acids is 1. The van der Waals surface area contributed by atoms with Crippen molar-refractivity contribution in [1.29, 1.82) is 0 Å². The molecule has 20 heavy (non-hydrogen) atoms. The molecule has 0 bridgehead atoms. The number of hydrogen-bond donors (Lipinski definition) is 1. The summed E-state index contributed by atoms with van der Waals surface area (Å²) in [4.78, 5) is 25.2. The number of carbonyl (C=O) groups is 2. The number of benzene rings is 1. The molecule has 0 radical (unpaired) electrons. The van der Waals surface area contributed by atoms with Gasteiger partial charge < -0.3 is 14.7 Å². The molecule has 1 N–H and O–H groups in total. The number of thioether (sulfide) groups is 1. The van der Waals surface area contributed by atoms with E-state index in [1.807, 2.05) is 26.0 Å². The molecule has 1 atom stereocenters. The first-order chi connectivity index (χ1) is 9.51. The van der Waals surface area contributed by atoms with Crippen molar-refractivity contribution in [2.75, 3.05) is 17.2 Å². The highest BCUT2D eigenvalue weighted by Gasteiger charge is 2.27. The van der Waals surface area contributed by atoms with E-state index in [0.717, 1.165) is 10.6 Å². The van der Waals surface area contributed by atoms with Crippen LogP contribution in [0.15, 0.2) is 23.1 Å². The monoisotopic (exact) mass is 295 g/mol. The minimum absolute atomic E-state index is 0.00221. The van der Waals surface area contributed by atoms with Crippen molar-refractivity contribution >= 4 is 29.3 Å². The predicted molar refractivity (Wildman–Crippen MR) is 77.5 cm³/mol. The van der Waals surface area contributed by atoms with E-state index in [4.69, 9.17) is 9.84 Å². The van der Waals surface area contributed by atoms with Crippen molar-refractivity contribution in [3.8, 4) is 5.75 Å². The van der Waals surface area contributed by atoms with Gasteiger partial charge in [0, 0.05) is 11.3 Å². The van der Waals surface area contributed by atoms with E-state index in [2.05, 4.69) is 0 Å². The average molecular weight is 295 g/mol. The van der Waals surface area contributed by atoms with Crippen molar-refractivity contribution in [3.05, 3.63) is 18.2 Å². The number of anilines is 1. The normalized spacial score (nSPS) is 17.3. The maximum Gasteiger partial charge on any atom is 0.313 e. The Morgan fingerprint density at radius 2 is 2.25 bits per heavy atom. The maximum atomic E-state index is 12.0. The number of amides is 1. The number of fused-ring (bicyclic) bond motifs is 1. The van der Waals surface area contributed by atoms with Crippen LogP contribution in [-0.2, 0) is 9.59 Å². The number of carboxylic acid groups (broad SMARTS) is 1. The summed E-state index contributed by atoms with van der Waals surface area (Å²) in [7, 11) is 0. The molecule has 0 saturated carbocycles. The van der Waals surface area contributed by atoms with E-state index >= 15 is 0 Å². The molecule has 1 aromatic rings. The zero-order chi connectivity index (χ0) is 14.7. The molecule has 0 aliphatic carbocycles. The minimum Gasteiger partial charge on any atom is -0.487 e. The van der Waals surface area contributed by atoms with Crippen molar-refractivity contribution < 1.29 is 19.4 Å². The summed E-state index contributed by atoms with van der Waals surface area (Å²) in [5, 5.41) is 8.72. The second kappa shape index (κ2) is 6.17. The molecule has 1 heterocycles. The molecule has 0 aromatic heterocycles. The summed E-state index contributed by atoms with van der Waals surface area (Å²) in [5.74, 6) is -0.149. The van der Waals surface area contributed by atoms with E-state index in [9.17, 15) is 9.59 Å². The van der Waals surface area contributed by atoms with Gasteiger partial charge in [-0.1, -0.05) is 6.92 Å². The quantitative estimate of drug-likeness (QED) is 0.864. The number of hydrogen-bond acceptors (Lipinski definition) is 4. The third kappa shape index (κ3) is 3.25. The van der Waals surface area contributed by atoms with Gasteiger partial charge in [-0.15, -0.1) is 11.8 Å². The van der Waals surface area contributed by atoms with Crippen LogP contribution < -0.4 is 9.64 Å². The predicted octanol–water partition coefficient (Wildman–Crippen LogP) is 2.39. The zero-order valence-corrected chi connectivity index (χ0v) is 12.3. The fourth-order valence-electron chi connectivity index (χ4n) is 2.08.